The van der Waals surface area contributed by atoms with Crippen molar-refractivity contribution in [2.75, 3.05) is 70.7 Å². The Balaban J connectivity index is 1.12. The lowest BCUT2D eigenvalue weighted by atomic mass is 9.97. The number of amides is 8. The van der Waals surface area contributed by atoms with Crippen molar-refractivity contribution in [3.05, 3.63) is 72.8 Å². The maximum Gasteiger partial charge on any atom is 0.326 e. The van der Waals surface area contributed by atoms with Gasteiger partial charge in [0.05, 0.1) is 22.9 Å². The van der Waals surface area contributed by atoms with Crippen LogP contribution in [0.4, 0.5) is 11.4 Å². The summed E-state index contributed by atoms with van der Waals surface area (Å²) in [5.74, 6) is -7.97. The monoisotopic (exact) mass is 1320 g/mol. The molecule has 1 aliphatic heterocycles. The van der Waals surface area contributed by atoms with Crippen LogP contribution in [0.3, 0.4) is 0 Å². The lowest BCUT2D eigenvalue weighted by Crippen LogP contribution is -2.59. The van der Waals surface area contributed by atoms with Gasteiger partial charge in [-0.25, -0.2) is 31.1 Å². The Labute approximate surface area is 539 Å². The van der Waals surface area contributed by atoms with Crippen molar-refractivity contribution in [1.82, 2.24) is 51.6 Å². The average Bonchev–Trinajstić information content (AvgIpc) is 1.00. The molecule has 0 aliphatic carbocycles. The molecule has 4 aromatic carbocycles. The predicted molar refractivity (Wildman–Crippen MR) is 351 cm³/mol. The second-order valence-electron chi connectivity index (χ2n) is 24.1. The summed E-state index contributed by atoms with van der Waals surface area (Å²) < 4.78 is 58.9. The van der Waals surface area contributed by atoms with E-state index < -0.39 is 135 Å². The smallest absolute Gasteiger partial charge is 0.326 e. The first-order chi connectivity index (χ1) is 43.4. The quantitative estimate of drug-likeness (QED) is 0.0290. The van der Waals surface area contributed by atoms with Crippen molar-refractivity contribution in [2.45, 2.75) is 158 Å². The molecule has 92 heavy (non-hydrogen) atoms. The van der Waals surface area contributed by atoms with Gasteiger partial charge in [-0.05, 0) is 114 Å². The molecule has 1 saturated heterocycles. The largest absolute Gasteiger partial charge is 0.480 e. The molecule has 8 amide bonds. The summed E-state index contributed by atoms with van der Waals surface area (Å²) in [6, 6.07) is 12.0. The second kappa shape index (κ2) is 34.6. The predicted octanol–water partition coefficient (Wildman–Crippen LogP) is 1.91. The molecular weight excluding hydrogens is 1230 g/mol. The molecule has 12 N–H and O–H groups in total. The zero-order chi connectivity index (χ0) is 68.2. The van der Waals surface area contributed by atoms with Crippen molar-refractivity contribution in [3.63, 3.8) is 0 Å². The number of sulfonamides is 2. The number of nitrogens with zero attached hydrogens (tertiary/aromatic N) is 3. The minimum absolute atomic E-state index is 0.00577. The van der Waals surface area contributed by atoms with Crippen LogP contribution in [0.5, 0.6) is 0 Å². The molecular formula is C63H93N13O14S2. The highest BCUT2D eigenvalue weighted by Gasteiger charge is 2.37. The summed E-state index contributed by atoms with van der Waals surface area (Å²) in [5, 5.41) is 30.4. The van der Waals surface area contributed by atoms with E-state index in [0.29, 0.717) is 41.8 Å². The molecule has 1 fully saturated rings. The van der Waals surface area contributed by atoms with Gasteiger partial charge in [0, 0.05) is 74.2 Å². The Kier molecular flexibility index (Phi) is 28.1. The second-order valence-corrected chi connectivity index (χ2v) is 27.5. The maximum absolute atomic E-state index is 14.1. The number of aliphatic carboxylic acids is 1. The zero-order valence-corrected chi connectivity index (χ0v) is 55.9. The first kappa shape index (κ1) is 74.7. The number of unbranched alkanes of at least 4 members (excludes halogenated alkanes) is 2. The third-order valence-electron chi connectivity index (χ3n) is 16.0. The van der Waals surface area contributed by atoms with Crippen LogP contribution < -0.4 is 62.2 Å². The van der Waals surface area contributed by atoms with Crippen LogP contribution in [0.25, 0.3) is 21.5 Å². The van der Waals surface area contributed by atoms with Crippen molar-refractivity contribution < 1.29 is 65.1 Å². The average molecular weight is 1320 g/mol. The number of fused-ring (bicyclic) bond motifs is 2. The van der Waals surface area contributed by atoms with Gasteiger partial charge >= 0.3 is 5.97 Å². The molecule has 0 radical (unpaired) electrons. The molecule has 506 valence electrons. The van der Waals surface area contributed by atoms with Gasteiger partial charge in [0.25, 0.3) is 0 Å². The topological polar surface area (TPSA) is 386 Å². The summed E-state index contributed by atoms with van der Waals surface area (Å²) in [6.45, 7) is 8.97. The number of carboxylic acids is 1. The van der Waals surface area contributed by atoms with Crippen molar-refractivity contribution in [1.29, 1.82) is 0 Å². The van der Waals surface area contributed by atoms with Gasteiger partial charge < -0.3 is 62.8 Å². The third kappa shape index (κ3) is 20.8. The Hall–Kier alpha value is -7.99. The van der Waals surface area contributed by atoms with Crippen molar-refractivity contribution in [3.8, 4) is 0 Å². The lowest BCUT2D eigenvalue weighted by Gasteiger charge is -2.28. The first-order valence-corrected chi connectivity index (χ1v) is 34.1. The number of rotatable bonds is 36. The highest BCUT2D eigenvalue weighted by atomic mass is 32.2. The van der Waals surface area contributed by atoms with E-state index >= 15 is 0 Å². The number of nitrogens with one attached hydrogen (secondary N) is 9. The van der Waals surface area contributed by atoms with E-state index in [-0.39, 0.29) is 73.9 Å². The third-order valence-corrected chi connectivity index (χ3v) is 19.0. The molecule has 29 heteroatoms. The van der Waals surface area contributed by atoms with Gasteiger partial charge in [-0.3, -0.25) is 38.4 Å². The highest BCUT2D eigenvalue weighted by molar-refractivity contribution is 7.90. The van der Waals surface area contributed by atoms with E-state index in [4.69, 9.17) is 5.73 Å². The van der Waals surface area contributed by atoms with Crippen LogP contribution in [0.1, 0.15) is 106 Å². The number of hydrogen-bond donors (Lipinski definition) is 11. The fourth-order valence-electron chi connectivity index (χ4n) is 10.8. The fourth-order valence-corrected chi connectivity index (χ4v) is 13.2. The van der Waals surface area contributed by atoms with E-state index in [1.54, 1.807) is 70.2 Å². The number of carbonyl (C=O) groups is 9. The summed E-state index contributed by atoms with van der Waals surface area (Å²) >= 11 is 0. The minimum Gasteiger partial charge on any atom is -0.480 e. The molecule has 8 atom stereocenters. The van der Waals surface area contributed by atoms with Crippen LogP contribution in [-0.2, 0) is 63.2 Å². The van der Waals surface area contributed by atoms with Gasteiger partial charge in [-0.2, -0.15) is 0 Å². The van der Waals surface area contributed by atoms with E-state index in [1.807, 2.05) is 56.2 Å². The van der Waals surface area contributed by atoms with Crippen LogP contribution in [-0.4, -0.2) is 183 Å². The van der Waals surface area contributed by atoms with Crippen LogP contribution >= 0.6 is 0 Å². The van der Waals surface area contributed by atoms with Crippen LogP contribution in [0, 0.1) is 11.8 Å². The highest BCUT2D eigenvalue weighted by Crippen LogP contribution is 2.32. The van der Waals surface area contributed by atoms with Gasteiger partial charge in [-0.1, -0.05) is 82.6 Å². The number of benzene rings is 4. The van der Waals surface area contributed by atoms with E-state index in [2.05, 4.69) is 46.7 Å². The van der Waals surface area contributed by atoms with Gasteiger partial charge in [0.15, 0.2) is 0 Å². The molecule has 1 aliphatic rings. The van der Waals surface area contributed by atoms with Gasteiger partial charge in [0.1, 0.15) is 42.3 Å². The van der Waals surface area contributed by atoms with E-state index in [0.717, 1.165) is 16.8 Å². The summed E-state index contributed by atoms with van der Waals surface area (Å²) in [6.07, 6.45) is 2.50. The molecule has 0 spiro atoms. The SMILES string of the molecule is CC[C@H](C)[C@H](NC(=O)[C@H](C)NC(=O)[C@H](CC(C)C)NC(=O)[C@H](CCCCN)NC(=O)[C@H](C)NC(=O)[C@@H]1CCCN1C(=O)CNS(=O)(=O)c1cccc2c(N(C)C)cccc12)C(=O)NCC(=O)N[C@@H](CCCCNS(=O)(=O)c1cccc2c(N(C)C)cccc12)C(=O)O. The fraction of sp³-hybridized carbons (Fsp3) is 0.540. The van der Waals surface area contributed by atoms with Crippen LogP contribution in [0.15, 0.2) is 82.6 Å². The molecule has 0 aromatic heterocycles. The molecule has 0 saturated carbocycles. The van der Waals surface area contributed by atoms with Gasteiger partial charge in [0.2, 0.25) is 67.3 Å². The number of carboxylic acid groups (broad SMARTS) is 1. The number of nitrogens with two attached hydrogens (primary N) is 1. The van der Waals surface area contributed by atoms with E-state index in [9.17, 15) is 65.1 Å². The molecule has 1 heterocycles. The summed E-state index contributed by atoms with van der Waals surface area (Å²) in [4.78, 5) is 127. The molecule has 5 rings (SSSR count). The number of anilines is 2. The van der Waals surface area contributed by atoms with Crippen molar-refractivity contribution >= 4 is 106 Å². The summed E-state index contributed by atoms with van der Waals surface area (Å²) in [7, 11) is -0.749. The Bertz CT molecular complexity index is 3520. The maximum atomic E-state index is 14.1. The Morgan fingerprint density at radius 1 is 0.587 bits per heavy atom. The first-order valence-electron chi connectivity index (χ1n) is 31.1. The Morgan fingerprint density at radius 3 is 1.65 bits per heavy atom. The van der Waals surface area contributed by atoms with Gasteiger partial charge in [-0.15, -0.1) is 0 Å². The molecule has 0 unspecified atom stereocenters. The lowest BCUT2D eigenvalue weighted by molar-refractivity contribution is -0.142. The minimum atomic E-state index is -4.20. The number of likely N-dealkylation sites (tertiary alicyclic amines) is 1. The van der Waals surface area contributed by atoms with E-state index in [1.165, 1.54) is 30.9 Å². The standard InChI is InChI=1S/C63H93N13O14S2/c1-11-39(4)56(62(84)65-36-54(77)70-47(63(85)86)26-13-15-33-66-91(87,88)52-30-18-21-42-44(52)23-16-27-49(42)74(7)8)73-58(80)41(6)68-60(82)48(35-38(2)3)72-59(81)46(25-12-14-32-64)71-57(79)40(5)69-61(83)51-29-20-34-76(51)55(78)37-67-92(89,90)53-31-19-22-43-45(53)24-17-28-50(43)75(9)10/h16-19,21-24,27-28,30-31,38-41,46-48,51,56,66-67H,11-15,20,25-26,29,32-37,64H2,1-10H3,(H,65,84)(H,68,82)(H,69,83)(H,70,77)(H,71,79)(H,72,81)(H,73,80)(H,85,86)/t39-,40-,41-,46-,47-,48-,51-,56-/m0/s1. The summed E-state index contributed by atoms with van der Waals surface area (Å²) in [5.41, 5.74) is 7.41. The number of carbonyl (C=O) groups excluding carboxylic acids is 8. The molecule has 0 bridgehead atoms. The molecule has 4 aromatic rings. The zero-order valence-electron chi connectivity index (χ0n) is 54.2. The molecule has 27 nitrogen and oxygen atoms in total. The normalized spacial score (nSPS) is 15.7. The van der Waals surface area contributed by atoms with Crippen LogP contribution in [0.2, 0.25) is 0 Å². The number of hydrogen-bond acceptors (Lipinski definition) is 16. The van der Waals surface area contributed by atoms with Crippen molar-refractivity contribution in [2.24, 2.45) is 17.6 Å². The Morgan fingerprint density at radius 2 is 1.10 bits per heavy atom.